The van der Waals surface area contributed by atoms with Crippen LogP contribution in [-0.4, -0.2) is 63.7 Å². The molecular formula is C29H40N2O5S. The van der Waals surface area contributed by atoms with Crippen molar-refractivity contribution < 1.29 is 22.4 Å². The Labute approximate surface area is 221 Å². The van der Waals surface area contributed by atoms with Crippen molar-refractivity contribution in [2.45, 2.75) is 57.8 Å². The van der Waals surface area contributed by atoms with E-state index in [2.05, 4.69) is 18.7 Å². The van der Waals surface area contributed by atoms with Crippen molar-refractivity contribution in [3.63, 3.8) is 0 Å². The molecule has 0 unspecified atom stereocenters. The lowest BCUT2D eigenvalue weighted by atomic mass is 10.0. The summed E-state index contributed by atoms with van der Waals surface area (Å²) in [5.74, 6) is 0.889. The predicted octanol–water partition coefficient (Wildman–Crippen LogP) is 5.89. The molecule has 0 spiro atoms. The fourth-order valence-electron chi connectivity index (χ4n) is 4.32. The second-order valence-electron chi connectivity index (χ2n) is 9.56. The number of hydrogen-bond donors (Lipinski definition) is 0. The Balaban J connectivity index is 1.68. The highest BCUT2D eigenvalue weighted by Crippen LogP contribution is 2.33. The number of carbonyl (C=O) groups excluding carboxylic acids is 1. The minimum absolute atomic E-state index is 0.0452. The molecule has 202 valence electrons. The number of ether oxygens (including phenoxy) is 1. The lowest BCUT2D eigenvalue weighted by Gasteiger charge is -2.21. The highest BCUT2D eigenvalue weighted by atomic mass is 32.2. The highest BCUT2D eigenvalue weighted by molar-refractivity contribution is 7.89. The smallest absolute Gasteiger partial charge is 0.246 e. The Morgan fingerprint density at radius 2 is 1.54 bits per heavy atom. The van der Waals surface area contributed by atoms with Gasteiger partial charge in [0.25, 0.3) is 0 Å². The van der Waals surface area contributed by atoms with Gasteiger partial charge in [0, 0.05) is 31.6 Å². The van der Waals surface area contributed by atoms with Crippen molar-refractivity contribution >= 4 is 26.8 Å². The third kappa shape index (κ3) is 7.00. The first-order valence-electron chi connectivity index (χ1n) is 13.1. The molecule has 2 aromatic carbocycles. The van der Waals surface area contributed by atoms with Gasteiger partial charge in [0.05, 0.1) is 12.2 Å². The van der Waals surface area contributed by atoms with Crippen molar-refractivity contribution in [2.75, 3.05) is 40.3 Å². The zero-order valence-corrected chi connectivity index (χ0v) is 23.6. The molecule has 0 saturated heterocycles. The normalized spacial score (nSPS) is 12.1. The molecule has 0 bridgehead atoms. The van der Waals surface area contributed by atoms with Crippen LogP contribution >= 0.6 is 0 Å². The van der Waals surface area contributed by atoms with Gasteiger partial charge < -0.3 is 14.1 Å². The van der Waals surface area contributed by atoms with Gasteiger partial charge in [-0.15, -0.1) is 0 Å². The van der Waals surface area contributed by atoms with Crippen LogP contribution in [0.3, 0.4) is 0 Å². The Morgan fingerprint density at radius 3 is 2.14 bits per heavy atom. The summed E-state index contributed by atoms with van der Waals surface area (Å²) < 4.78 is 38.4. The van der Waals surface area contributed by atoms with Crippen LogP contribution in [0.25, 0.3) is 11.0 Å². The summed E-state index contributed by atoms with van der Waals surface area (Å²) in [6.45, 7) is 10.0. The average Bonchev–Trinajstić information content (AvgIpc) is 3.23. The van der Waals surface area contributed by atoms with E-state index < -0.39 is 10.0 Å². The average molecular weight is 529 g/mol. The van der Waals surface area contributed by atoms with Gasteiger partial charge in [-0.3, -0.25) is 4.79 Å². The van der Waals surface area contributed by atoms with Crippen molar-refractivity contribution in [1.82, 2.24) is 9.21 Å². The fraction of sp³-hybridized carbons (Fsp3) is 0.483. The molecule has 8 heteroatoms. The van der Waals surface area contributed by atoms with Crippen LogP contribution in [0.5, 0.6) is 5.75 Å². The molecule has 0 saturated carbocycles. The van der Waals surface area contributed by atoms with Gasteiger partial charge in [-0.25, -0.2) is 12.7 Å². The van der Waals surface area contributed by atoms with Gasteiger partial charge in [-0.05, 0) is 69.6 Å². The van der Waals surface area contributed by atoms with Crippen LogP contribution in [-0.2, 0) is 10.0 Å². The number of fused-ring (bicyclic) bond motifs is 1. The topological polar surface area (TPSA) is 80.1 Å². The summed E-state index contributed by atoms with van der Waals surface area (Å²) in [6, 6.07) is 11.9. The maximum absolute atomic E-state index is 13.4. The van der Waals surface area contributed by atoms with Crippen LogP contribution in [0, 0.1) is 6.92 Å². The third-order valence-electron chi connectivity index (χ3n) is 6.50. The second kappa shape index (κ2) is 13.2. The third-order valence-corrected chi connectivity index (χ3v) is 8.34. The number of aryl methyl sites for hydroxylation is 1. The fourth-order valence-corrected chi connectivity index (χ4v) is 5.35. The lowest BCUT2D eigenvalue weighted by Crippen LogP contribution is -2.28. The molecule has 3 rings (SSSR count). The van der Waals surface area contributed by atoms with Crippen LogP contribution in [0.4, 0.5) is 0 Å². The van der Waals surface area contributed by atoms with Gasteiger partial charge in [-0.1, -0.05) is 38.8 Å². The molecule has 0 N–H and O–H groups in total. The number of ketones is 1. The number of hydrogen-bond acceptors (Lipinski definition) is 6. The maximum atomic E-state index is 13.4. The molecule has 1 aromatic heterocycles. The molecule has 0 radical (unpaired) electrons. The molecule has 37 heavy (non-hydrogen) atoms. The minimum atomic E-state index is -3.72. The SMILES string of the molecule is CCCCN(CCCC)CCCOc1ccc(C(=O)c2c(C)oc3c(S(=O)(=O)N(C)C)cccc23)cc1. The van der Waals surface area contributed by atoms with Gasteiger partial charge in [0.15, 0.2) is 11.4 Å². The number of carbonyl (C=O) groups is 1. The second-order valence-corrected chi connectivity index (χ2v) is 11.7. The molecule has 0 atom stereocenters. The quantitative estimate of drug-likeness (QED) is 0.181. The maximum Gasteiger partial charge on any atom is 0.246 e. The Hall–Kier alpha value is -2.68. The van der Waals surface area contributed by atoms with E-state index in [1.54, 1.807) is 43.3 Å². The Kier molecular flexibility index (Phi) is 10.3. The summed E-state index contributed by atoms with van der Waals surface area (Å²) in [4.78, 5) is 16.0. The molecule has 0 aliphatic rings. The largest absolute Gasteiger partial charge is 0.494 e. The molecule has 0 fully saturated rings. The summed E-state index contributed by atoms with van der Waals surface area (Å²) in [5, 5.41) is 0.487. The number of nitrogens with zero attached hydrogens (tertiary/aromatic N) is 2. The molecule has 0 amide bonds. The van der Waals surface area contributed by atoms with Gasteiger partial charge in [-0.2, -0.15) is 0 Å². The molecule has 7 nitrogen and oxygen atoms in total. The molecule has 3 aromatic rings. The van der Waals surface area contributed by atoms with E-state index in [1.165, 1.54) is 45.8 Å². The van der Waals surface area contributed by atoms with E-state index in [-0.39, 0.29) is 16.3 Å². The monoisotopic (exact) mass is 528 g/mol. The Morgan fingerprint density at radius 1 is 0.919 bits per heavy atom. The summed E-state index contributed by atoms with van der Waals surface area (Å²) >= 11 is 0. The van der Waals surface area contributed by atoms with Gasteiger partial charge >= 0.3 is 0 Å². The molecule has 0 aliphatic carbocycles. The molecule has 0 aliphatic heterocycles. The number of sulfonamides is 1. The van der Waals surface area contributed by atoms with Crippen LogP contribution in [0.2, 0.25) is 0 Å². The highest BCUT2D eigenvalue weighted by Gasteiger charge is 2.27. The number of unbranched alkanes of at least 4 members (excludes halogenated alkanes) is 2. The van der Waals surface area contributed by atoms with E-state index in [0.717, 1.165) is 36.1 Å². The van der Waals surface area contributed by atoms with Crippen molar-refractivity contribution in [2.24, 2.45) is 0 Å². The first-order valence-corrected chi connectivity index (χ1v) is 14.6. The number of furan rings is 1. The first kappa shape index (κ1) is 28.9. The van der Waals surface area contributed by atoms with E-state index in [0.29, 0.717) is 28.9 Å². The number of rotatable bonds is 15. The Bertz CT molecular complexity index is 1270. The molecule has 1 heterocycles. The van der Waals surface area contributed by atoms with E-state index >= 15 is 0 Å². The number of benzene rings is 2. The van der Waals surface area contributed by atoms with E-state index in [1.807, 2.05) is 0 Å². The van der Waals surface area contributed by atoms with E-state index in [9.17, 15) is 13.2 Å². The van der Waals surface area contributed by atoms with Crippen molar-refractivity contribution in [1.29, 1.82) is 0 Å². The van der Waals surface area contributed by atoms with Crippen molar-refractivity contribution in [3.05, 3.63) is 59.4 Å². The summed E-state index contributed by atoms with van der Waals surface area (Å²) in [5.41, 5.74) is 1.06. The van der Waals surface area contributed by atoms with Crippen LogP contribution in [0.1, 0.15) is 67.6 Å². The number of para-hydroxylation sites is 1. The summed E-state index contributed by atoms with van der Waals surface area (Å²) in [6.07, 6.45) is 5.80. The predicted molar refractivity (Wildman–Crippen MR) is 148 cm³/mol. The van der Waals surface area contributed by atoms with Crippen molar-refractivity contribution in [3.8, 4) is 5.75 Å². The summed E-state index contributed by atoms with van der Waals surface area (Å²) in [7, 11) is -0.787. The zero-order chi connectivity index (χ0) is 27.0. The van der Waals surface area contributed by atoms with Crippen LogP contribution in [0.15, 0.2) is 51.8 Å². The first-order chi connectivity index (χ1) is 17.7. The van der Waals surface area contributed by atoms with E-state index in [4.69, 9.17) is 9.15 Å². The zero-order valence-electron chi connectivity index (χ0n) is 22.7. The standard InChI is InChI=1S/C29H40N2O5S/c1-6-8-18-31(19-9-7-2)20-11-21-35-24-16-14-23(15-17-24)28(32)27-22(3)36-29-25(27)12-10-13-26(29)37(33,34)30(4)5/h10,12-17H,6-9,11,18-21H2,1-5H3. The van der Waals surface area contributed by atoms with Crippen LogP contribution < -0.4 is 4.74 Å². The lowest BCUT2D eigenvalue weighted by molar-refractivity contribution is 0.103. The van der Waals surface area contributed by atoms with Gasteiger partial charge in [0.1, 0.15) is 16.4 Å². The minimum Gasteiger partial charge on any atom is -0.494 e. The molecular weight excluding hydrogens is 488 g/mol. The van der Waals surface area contributed by atoms with Gasteiger partial charge in [0.2, 0.25) is 10.0 Å².